The molecule has 1 amide bonds. The van der Waals surface area contributed by atoms with E-state index in [-0.39, 0.29) is 11.9 Å². The van der Waals surface area contributed by atoms with Crippen LogP contribution >= 0.6 is 11.3 Å². The first-order valence-corrected chi connectivity index (χ1v) is 9.71. The van der Waals surface area contributed by atoms with Gasteiger partial charge < -0.3 is 10.6 Å². The number of nitrogens with two attached hydrogens (primary N) is 1. The lowest BCUT2D eigenvalue weighted by Crippen LogP contribution is -2.44. The number of fused-ring (bicyclic) bond motifs is 3. The van der Waals surface area contributed by atoms with Gasteiger partial charge in [0.1, 0.15) is 0 Å². The number of piperidine rings is 1. The van der Waals surface area contributed by atoms with Crippen LogP contribution in [0.25, 0.3) is 10.4 Å². The Morgan fingerprint density at radius 1 is 1.29 bits per heavy atom. The first-order chi connectivity index (χ1) is 11.6. The molecule has 1 fully saturated rings. The fourth-order valence-corrected chi connectivity index (χ4v) is 5.20. The molecule has 24 heavy (non-hydrogen) atoms. The molecule has 2 aliphatic rings. The quantitative estimate of drug-likeness (QED) is 0.906. The lowest BCUT2D eigenvalue weighted by atomic mass is 9.91. The number of aryl methyl sites for hydroxylation is 2. The Bertz CT molecular complexity index is 765. The second-order valence-corrected chi connectivity index (χ2v) is 8.19. The van der Waals surface area contributed by atoms with Crippen LogP contribution in [-0.2, 0) is 12.8 Å². The molecule has 2 N–H and O–H groups in total. The summed E-state index contributed by atoms with van der Waals surface area (Å²) in [5.41, 5.74) is 10.1. The molecule has 0 bridgehead atoms. The SMILES string of the molecule is CC(N)C1CCCN(C(=O)c2cc3c(s2)-c2ccccc2CC3)C1. The Morgan fingerprint density at radius 3 is 2.92 bits per heavy atom. The molecule has 2 atom stereocenters. The van der Waals surface area contributed by atoms with Crippen molar-refractivity contribution in [3.8, 4) is 10.4 Å². The standard InChI is InChI=1S/C20H24N2OS/c1-13(21)16-6-4-10-22(12-16)20(23)18-11-15-9-8-14-5-2-3-7-17(14)19(15)24-18/h2-3,5,7,11,13,16H,4,6,8-10,12,21H2,1H3. The van der Waals surface area contributed by atoms with E-state index in [1.807, 2.05) is 4.90 Å². The van der Waals surface area contributed by atoms with Crippen LogP contribution in [0.2, 0.25) is 0 Å². The van der Waals surface area contributed by atoms with Crippen molar-refractivity contribution in [2.75, 3.05) is 13.1 Å². The largest absolute Gasteiger partial charge is 0.338 e. The molecule has 2 aromatic rings. The zero-order valence-corrected chi connectivity index (χ0v) is 14.9. The molecule has 0 saturated carbocycles. The molecule has 4 heteroatoms. The summed E-state index contributed by atoms with van der Waals surface area (Å²) < 4.78 is 0. The van der Waals surface area contributed by atoms with Gasteiger partial charge in [0.2, 0.25) is 0 Å². The van der Waals surface area contributed by atoms with E-state index in [0.717, 1.165) is 43.6 Å². The molecule has 3 nitrogen and oxygen atoms in total. The average Bonchev–Trinajstić information content (AvgIpc) is 3.06. The van der Waals surface area contributed by atoms with Crippen molar-refractivity contribution >= 4 is 17.2 Å². The van der Waals surface area contributed by atoms with Crippen molar-refractivity contribution in [1.29, 1.82) is 0 Å². The minimum Gasteiger partial charge on any atom is -0.338 e. The second kappa shape index (κ2) is 6.34. The van der Waals surface area contributed by atoms with E-state index in [2.05, 4.69) is 37.3 Å². The summed E-state index contributed by atoms with van der Waals surface area (Å²) in [4.78, 5) is 17.2. The molecule has 126 valence electrons. The number of amides is 1. The summed E-state index contributed by atoms with van der Waals surface area (Å²) in [6, 6.07) is 10.9. The number of carbonyl (C=O) groups is 1. The van der Waals surface area contributed by atoms with Gasteiger partial charge in [-0.05, 0) is 61.3 Å². The van der Waals surface area contributed by atoms with Crippen LogP contribution in [0, 0.1) is 5.92 Å². The number of rotatable bonds is 2. The molecule has 0 radical (unpaired) electrons. The summed E-state index contributed by atoms with van der Waals surface area (Å²) in [5, 5.41) is 0. The molecule has 1 aromatic heterocycles. The molecular formula is C20H24N2OS. The van der Waals surface area contributed by atoms with Crippen molar-refractivity contribution in [2.45, 2.75) is 38.6 Å². The number of nitrogens with zero attached hydrogens (tertiary/aromatic N) is 1. The summed E-state index contributed by atoms with van der Waals surface area (Å²) in [7, 11) is 0. The summed E-state index contributed by atoms with van der Waals surface area (Å²) >= 11 is 1.67. The number of hydrogen-bond acceptors (Lipinski definition) is 3. The van der Waals surface area contributed by atoms with Crippen LogP contribution in [0.1, 0.15) is 40.6 Å². The number of carbonyl (C=O) groups excluding carboxylic acids is 1. The predicted molar refractivity (Wildman–Crippen MR) is 99.4 cm³/mol. The molecule has 1 aliphatic heterocycles. The van der Waals surface area contributed by atoms with E-state index in [1.54, 1.807) is 11.3 Å². The van der Waals surface area contributed by atoms with Crippen LogP contribution in [-0.4, -0.2) is 29.9 Å². The molecule has 4 rings (SSSR count). The molecule has 1 aliphatic carbocycles. The minimum absolute atomic E-state index is 0.156. The first-order valence-electron chi connectivity index (χ1n) is 8.89. The van der Waals surface area contributed by atoms with Gasteiger partial charge in [-0.25, -0.2) is 0 Å². The summed E-state index contributed by atoms with van der Waals surface area (Å²) in [6.07, 6.45) is 4.31. The number of thiophene rings is 1. The van der Waals surface area contributed by atoms with Crippen molar-refractivity contribution in [2.24, 2.45) is 11.7 Å². The lowest BCUT2D eigenvalue weighted by Gasteiger charge is -2.34. The van der Waals surface area contributed by atoms with Gasteiger partial charge in [-0.3, -0.25) is 4.79 Å². The van der Waals surface area contributed by atoms with Crippen molar-refractivity contribution in [3.63, 3.8) is 0 Å². The first kappa shape index (κ1) is 15.9. The fraction of sp³-hybridized carbons (Fsp3) is 0.450. The Hall–Kier alpha value is -1.65. The van der Waals surface area contributed by atoms with Crippen LogP contribution in [0.5, 0.6) is 0 Å². The van der Waals surface area contributed by atoms with Gasteiger partial charge in [0.05, 0.1) is 4.88 Å². The monoisotopic (exact) mass is 340 g/mol. The highest BCUT2D eigenvalue weighted by Gasteiger charge is 2.29. The van der Waals surface area contributed by atoms with E-state index in [4.69, 9.17) is 5.73 Å². The van der Waals surface area contributed by atoms with Gasteiger partial charge in [0, 0.05) is 24.0 Å². The van der Waals surface area contributed by atoms with E-state index < -0.39 is 0 Å². The highest BCUT2D eigenvalue weighted by atomic mass is 32.1. The molecule has 2 heterocycles. The van der Waals surface area contributed by atoms with Gasteiger partial charge in [0.15, 0.2) is 0 Å². The van der Waals surface area contributed by atoms with Crippen LogP contribution in [0.15, 0.2) is 30.3 Å². The van der Waals surface area contributed by atoms with Gasteiger partial charge in [-0.2, -0.15) is 0 Å². The Balaban J connectivity index is 1.60. The predicted octanol–water partition coefficient (Wildman–Crippen LogP) is 3.71. The van der Waals surface area contributed by atoms with E-state index in [0.29, 0.717) is 5.92 Å². The zero-order valence-electron chi connectivity index (χ0n) is 14.1. The highest BCUT2D eigenvalue weighted by Crippen LogP contribution is 2.40. The van der Waals surface area contributed by atoms with Crippen molar-refractivity contribution < 1.29 is 4.79 Å². The third kappa shape index (κ3) is 2.78. The molecular weight excluding hydrogens is 316 g/mol. The Labute approximate surface area is 147 Å². The van der Waals surface area contributed by atoms with Crippen LogP contribution in [0.4, 0.5) is 0 Å². The number of hydrogen-bond donors (Lipinski definition) is 1. The van der Waals surface area contributed by atoms with E-state index in [1.165, 1.54) is 21.6 Å². The van der Waals surface area contributed by atoms with E-state index in [9.17, 15) is 4.79 Å². The summed E-state index contributed by atoms with van der Waals surface area (Å²) in [5.74, 6) is 0.621. The number of benzene rings is 1. The zero-order chi connectivity index (χ0) is 16.7. The van der Waals surface area contributed by atoms with Gasteiger partial charge in [-0.1, -0.05) is 24.3 Å². The molecule has 0 spiro atoms. The van der Waals surface area contributed by atoms with Crippen molar-refractivity contribution in [3.05, 3.63) is 46.3 Å². The molecule has 2 unspecified atom stereocenters. The van der Waals surface area contributed by atoms with Crippen LogP contribution < -0.4 is 5.73 Å². The molecule has 1 saturated heterocycles. The third-order valence-electron chi connectivity index (χ3n) is 5.43. The topological polar surface area (TPSA) is 46.3 Å². The third-order valence-corrected chi connectivity index (χ3v) is 6.63. The van der Waals surface area contributed by atoms with E-state index >= 15 is 0 Å². The van der Waals surface area contributed by atoms with Gasteiger partial charge >= 0.3 is 0 Å². The highest BCUT2D eigenvalue weighted by molar-refractivity contribution is 7.17. The average molecular weight is 340 g/mol. The Morgan fingerprint density at radius 2 is 2.08 bits per heavy atom. The van der Waals surface area contributed by atoms with Gasteiger partial charge in [0.25, 0.3) is 5.91 Å². The van der Waals surface area contributed by atoms with Crippen molar-refractivity contribution in [1.82, 2.24) is 4.90 Å². The lowest BCUT2D eigenvalue weighted by molar-refractivity contribution is 0.0666. The maximum Gasteiger partial charge on any atom is 0.263 e. The fourth-order valence-electron chi connectivity index (χ4n) is 3.96. The second-order valence-electron chi connectivity index (χ2n) is 7.13. The maximum atomic E-state index is 13.0. The smallest absolute Gasteiger partial charge is 0.263 e. The number of likely N-dealkylation sites (tertiary alicyclic amines) is 1. The normalized spacial score (nSPS) is 21.1. The Kier molecular flexibility index (Phi) is 4.19. The summed E-state index contributed by atoms with van der Waals surface area (Å²) in [6.45, 7) is 3.72. The molecule has 1 aromatic carbocycles. The minimum atomic E-state index is 0.156. The van der Waals surface area contributed by atoms with Crippen LogP contribution in [0.3, 0.4) is 0 Å². The van der Waals surface area contributed by atoms with Gasteiger partial charge in [-0.15, -0.1) is 11.3 Å². The maximum absolute atomic E-state index is 13.0.